The molecule has 1 N–H and O–H groups in total. The number of thiophene rings is 1. The molecule has 1 aromatic carbocycles. The zero-order valence-electron chi connectivity index (χ0n) is 10.5. The third-order valence-corrected chi connectivity index (χ3v) is 4.21. The Morgan fingerprint density at radius 3 is 2.89 bits per heavy atom. The zero-order valence-corrected chi connectivity index (χ0v) is 11.3. The quantitative estimate of drug-likeness (QED) is 0.788. The minimum absolute atomic E-state index is 0.426. The highest BCUT2D eigenvalue weighted by Crippen LogP contribution is 2.24. The molecular formula is C15H13NO2S. The molecule has 0 spiro atoms. The predicted octanol–water partition coefficient (Wildman–Crippen LogP) is 3.76. The lowest BCUT2D eigenvalue weighted by atomic mass is 10.2. The predicted molar refractivity (Wildman–Crippen MR) is 77.1 cm³/mol. The summed E-state index contributed by atoms with van der Waals surface area (Å²) in [5, 5.41) is 12.2. The monoisotopic (exact) mass is 271 g/mol. The van der Waals surface area contributed by atoms with E-state index in [0.29, 0.717) is 11.4 Å². The normalized spacial score (nSPS) is 11.0. The maximum atomic E-state index is 11.1. The Morgan fingerprint density at radius 1 is 1.32 bits per heavy atom. The molecule has 2 aromatic heterocycles. The third kappa shape index (κ3) is 2.04. The minimum Gasteiger partial charge on any atom is -0.477 e. The average Bonchev–Trinajstić information content (AvgIpc) is 2.97. The lowest BCUT2D eigenvalue weighted by molar-refractivity contribution is 0.0701. The van der Waals surface area contributed by atoms with E-state index in [1.807, 2.05) is 23.6 Å². The van der Waals surface area contributed by atoms with Gasteiger partial charge in [0, 0.05) is 23.6 Å². The fourth-order valence-corrected chi connectivity index (χ4v) is 3.15. The SMILES string of the molecule is Cc1cn(Cc2ccsc2C(=O)O)c2ccccc12. The molecule has 3 nitrogen and oxygen atoms in total. The largest absolute Gasteiger partial charge is 0.477 e. The van der Waals surface area contributed by atoms with Crippen molar-refractivity contribution in [2.24, 2.45) is 0 Å². The molecule has 4 heteroatoms. The summed E-state index contributed by atoms with van der Waals surface area (Å²) in [5.74, 6) is -0.849. The van der Waals surface area contributed by atoms with Crippen LogP contribution in [0.2, 0.25) is 0 Å². The highest BCUT2D eigenvalue weighted by molar-refractivity contribution is 7.12. The van der Waals surface area contributed by atoms with Gasteiger partial charge in [0.15, 0.2) is 0 Å². The molecule has 0 atom stereocenters. The molecule has 96 valence electrons. The topological polar surface area (TPSA) is 42.2 Å². The van der Waals surface area contributed by atoms with Gasteiger partial charge in [-0.05, 0) is 35.6 Å². The van der Waals surface area contributed by atoms with Gasteiger partial charge in [-0.2, -0.15) is 0 Å². The van der Waals surface area contributed by atoms with Crippen LogP contribution in [0.15, 0.2) is 41.9 Å². The van der Waals surface area contributed by atoms with E-state index < -0.39 is 5.97 Å². The second kappa shape index (κ2) is 4.55. The van der Waals surface area contributed by atoms with E-state index >= 15 is 0 Å². The average molecular weight is 271 g/mol. The number of aromatic nitrogens is 1. The smallest absolute Gasteiger partial charge is 0.346 e. The van der Waals surface area contributed by atoms with Crippen LogP contribution in [0.4, 0.5) is 0 Å². The summed E-state index contributed by atoms with van der Waals surface area (Å²) < 4.78 is 2.11. The fourth-order valence-electron chi connectivity index (χ4n) is 2.39. The first-order valence-corrected chi connectivity index (χ1v) is 6.89. The summed E-state index contributed by atoms with van der Waals surface area (Å²) in [6.07, 6.45) is 2.08. The van der Waals surface area contributed by atoms with E-state index in [1.165, 1.54) is 22.3 Å². The van der Waals surface area contributed by atoms with E-state index in [9.17, 15) is 4.79 Å². The molecule has 0 fully saturated rings. The fraction of sp³-hybridized carbons (Fsp3) is 0.133. The molecule has 0 amide bonds. The zero-order chi connectivity index (χ0) is 13.4. The van der Waals surface area contributed by atoms with E-state index in [1.54, 1.807) is 0 Å². The van der Waals surface area contributed by atoms with Crippen LogP contribution in [-0.4, -0.2) is 15.6 Å². The third-order valence-electron chi connectivity index (χ3n) is 3.27. The Balaban J connectivity index is 2.06. The Hall–Kier alpha value is -2.07. The van der Waals surface area contributed by atoms with Gasteiger partial charge in [0.25, 0.3) is 0 Å². The highest BCUT2D eigenvalue weighted by Gasteiger charge is 2.13. The van der Waals surface area contributed by atoms with Gasteiger partial charge < -0.3 is 9.67 Å². The number of carboxylic acids is 1. The lowest BCUT2D eigenvalue weighted by Gasteiger charge is -2.05. The van der Waals surface area contributed by atoms with Gasteiger partial charge in [0.05, 0.1) is 0 Å². The molecule has 3 aromatic rings. The first-order valence-electron chi connectivity index (χ1n) is 6.01. The number of nitrogens with zero attached hydrogens (tertiary/aromatic N) is 1. The summed E-state index contributed by atoms with van der Waals surface area (Å²) >= 11 is 1.28. The van der Waals surface area contributed by atoms with Gasteiger partial charge in [-0.3, -0.25) is 0 Å². The van der Waals surface area contributed by atoms with Gasteiger partial charge in [-0.25, -0.2) is 4.79 Å². The van der Waals surface area contributed by atoms with E-state index in [-0.39, 0.29) is 0 Å². The number of rotatable bonds is 3. The summed E-state index contributed by atoms with van der Waals surface area (Å²) in [6.45, 7) is 2.67. The van der Waals surface area contributed by atoms with Crippen LogP contribution in [0.3, 0.4) is 0 Å². The maximum absolute atomic E-state index is 11.1. The second-order valence-corrected chi connectivity index (χ2v) is 5.45. The number of hydrogen-bond donors (Lipinski definition) is 1. The standard InChI is InChI=1S/C15H13NO2S/c1-10-8-16(13-5-3-2-4-12(10)13)9-11-6-7-19-14(11)15(17)18/h2-8H,9H2,1H3,(H,17,18). The van der Waals surface area contributed by atoms with Gasteiger partial charge in [-0.1, -0.05) is 18.2 Å². The number of fused-ring (bicyclic) bond motifs is 1. The van der Waals surface area contributed by atoms with Crippen LogP contribution >= 0.6 is 11.3 Å². The number of carboxylic acid groups (broad SMARTS) is 1. The first kappa shape index (κ1) is 12.0. The van der Waals surface area contributed by atoms with Gasteiger partial charge >= 0.3 is 5.97 Å². The summed E-state index contributed by atoms with van der Waals surface area (Å²) in [5.41, 5.74) is 3.21. The Morgan fingerprint density at radius 2 is 2.11 bits per heavy atom. The van der Waals surface area contributed by atoms with Crippen LogP contribution in [0.1, 0.15) is 20.8 Å². The maximum Gasteiger partial charge on any atom is 0.346 e. The molecule has 0 aliphatic rings. The number of aromatic carboxylic acids is 1. The Bertz CT molecular complexity index is 754. The molecule has 0 saturated heterocycles. The van der Waals surface area contributed by atoms with E-state index in [4.69, 9.17) is 5.11 Å². The second-order valence-electron chi connectivity index (χ2n) is 4.54. The van der Waals surface area contributed by atoms with Crippen molar-refractivity contribution < 1.29 is 9.90 Å². The molecule has 0 unspecified atom stereocenters. The molecule has 2 heterocycles. The van der Waals surface area contributed by atoms with Crippen molar-refractivity contribution in [2.75, 3.05) is 0 Å². The van der Waals surface area contributed by atoms with Gasteiger partial charge in [0.2, 0.25) is 0 Å². The molecule has 0 aliphatic carbocycles. The molecule has 0 aliphatic heterocycles. The molecule has 0 bridgehead atoms. The van der Waals surface area contributed by atoms with Crippen molar-refractivity contribution in [3.63, 3.8) is 0 Å². The van der Waals surface area contributed by atoms with Crippen LogP contribution in [0.25, 0.3) is 10.9 Å². The van der Waals surface area contributed by atoms with Crippen LogP contribution in [0, 0.1) is 6.92 Å². The van der Waals surface area contributed by atoms with Crippen molar-refractivity contribution in [1.29, 1.82) is 0 Å². The number of hydrogen-bond acceptors (Lipinski definition) is 2. The van der Waals surface area contributed by atoms with Crippen LogP contribution < -0.4 is 0 Å². The number of carbonyl (C=O) groups is 1. The van der Waals surface area contributed by atoms with E-state index in [2.05, 4.69) is 29.8 Å². The number of aryl methyl sites for hydroxylation is 1. The Kier molecular flexibility index (Phi) is 2.87. The molecule has 19 heavy (non-hydrogen) atoms. The molecule has 0 radical (unpaired) electrons. The number of para-hydroxylation sites is 1. The van der Waals surface area contributed by atoms with Crippen LogP contribution in [-0.2, 0) is 6.54 Å². The molecular weight excluding hydrogens is 258 g/mol. The van der Waals surface area contributed by atoms with Gasteiger partial charge in [-0.15, -0.1) is 11.3 Å². The van der Waals surface area contributed by atoms with Crippen molar-refractivity contribution in [1.82, 2.24) is 4.57 Å². The summed E-state index contributed by atoms with van der Waals surface area (Å²) in [7, 11) is 0. The van der Waals surface area contributed by atoms with Crippen molar-refractivity contribution >= 4 is 28.2 Å². The van der Waals surface area contributed by atoms with Crippen molar-refractivity contribution in [2.45, 2.75) is 13.5 Å². The summed E-state index contributed by atoms with van der Waals surface area (Å²) in [6, 6.07) is 10.1. The minimum atomic E-state index is -0.849. The molecule has 0 saturated carbocycles. The molecule has 3 rings (SSSR count). The number of benzene rings is 1. The summed E-state index contributed by atoms with van der Waals surface area (Å²) in [4.78, 5) is 11.6. The lowest BCUT2D eigenvalue weighted by Crippen LogP contribution is -2.03. The van der Waals surface area contributed by atoms with Crippen molar-refractivity contribution in [3.8, 4) is 0 Å². The first-order chi connectivity index (χ1) is 9.16. The van der Waals surface area contributed by atoms with Gasteiger partial charge in [0.1, 0.15) is 4.88 Å². The van der Waals surface area contributed by atoms with Crippen LogP contribution in [0.5, 0.6) is 0 Å². The van der Waals surface area contributed by atoms with Crippen molar-refractivity contribution in [3.05, 3.63) is 57.9 Å². The Labute approximate surface area is 114 Å². The highest BCUT2D eigenvalue weighted by atomic mass is 32.1. The van der Waals surface area contributed by atoms with E-state index in [0.717, 1.165) is 11.1 Å².